The molecule has 0 radical (unpaired) electrons. The van der Waals surface area contributed by atoms with Gasteiger partial charge in [-0.25, -0.2) is 9.78 Å². The van der Waals surface area contributed by atoms with Gasteiger partial charge in [-0.05, 0) is 36.4 Å². The van der Waals surface area contributed by atoms with Crippen LogP contribution < -0.4 is 4.74 Å². The molecule has 0 aliphatic carbocycles. The zero-order chi connectivity index (χ0) is 22.3. The molecule has 166 valence electrons. The second kappa shape index (κ2) is 10.6. The Morgan fingerprint density at radius 3 is 2.50 bits per heavy atom. The molecular formula is C23H22ClN3O4S. The lowest BCUT2D eigenvalue weighted by molar-refractivity contribution is -0.136. The molecule has 1 fully saturated rings. The second-order valence-electron chi connectivity index (χ2n) is 7.21. The Morgan fingerprint density at radius 1 is 1.00 bits per heavy atom. The van der Waals surface area contributed by atoms with Gasteiger partial charge in [-0.1, -0.05) is 29.8 Å². The van der Waals surface area contributed by atoms with E-state index in [1.165, 1.54) is 11.1 Å². The zero-order valence-corrected chi connectivity index (χ0v) is 18.8. The van der Waals surface area contributed by atoms with E-state index in [4.69, 9.17) is 21.1 Å². The molecule has 4 rings (SSSR count). The van der Waals surface area contributed by atoms with Crippen LogP contribution in [0.1, 0.15) is 15.2 Å². The largest absolute Gasteiger partial charge is 0.452 e. The standard InChI is InChI=1S/C23H22ClN3O4S/c24-20-9-8-18(32-20)15-26-11-13-27(14-12-26)21(28)16-30-23(29)19-7-4-10-25-22(19)31-17-5-2-1-3-6-17/h1-10H,11-16H2. The van der Waals surface area contributed by atoms with Crippen molar-refractivity contribution >= 4 is 34.8 Å². The fourth-order valence-corrected chi connectivity index (χ4v) is 4.47. The molecule has 1 saturated heterocycles. The maximum atomic E-state index is 12.6. The number of halogens is 1. The second-order valence-corrected chi connectivity index (χ2v) is 9.01. The van der Waals surface area contributed by atoms with Crippen LogP contribution in [0.2, 0.25) is 4.34 Å². The first-order valence-electron chi connectivity index (χ1n) is 10.2. The van der Waals surface area contributed by atoms with Crippen LogP contribution in [0.3, 0.4) is 0 Å². The van der Waals surface area contributed by atoms with Crippen LogP contribution in [-0.4, -0.2) is 59.4 Å². The minimum Gasteiger partial charge on any atom is -0.452 e. The van der Waals surface area contributed by atoms with Crippen molar-refractivity contribution in [3.05, 3.63) is 75.6 Å². The average molecular weight is 472 g/mol. The predicted octanol–water partition coefficient (Wildman–Crippen LogP) is 4.09. The number of rotatable bonds is 7. The number of pyridine rings is 1. The van der Waals surface area contributed by atoms with Crippen LogP contribution in [0.5, 0.6) is 11.6 Å². The summed E-state index contributed by atoms with van der Waals surface area (Å²) in [5.41, 5.74) is 0.170. The van der Waals surface area contributed by atoms with E-state index in [1.807, 2.05) is 30.3 Å². The highest BCUT2D eigenvalue weighted by Gasteiger charge is 2.23. The highest BCUT2D eigenvalue weighted by molar-refractivity contribution is 7.16. The topological polar surface area (TPSA) is 72.0 Å². The van der Waals surface area contributed by atoms with Crippen LogP contribution >= 0.6 is 22.9 Å². The quantitative estimate of drug-likeness (QED) is 0.483. The number of benzene rings is 1. The lowest BCUT2D eigenvalue weighted by Crippen LogP contribution is -2.49. The molecule has 9 heteroatoms. The summed E-state index contributed by atoms with van der Waals surface area (Å²) in [4.78, 5) is 34.4. The van der Waals surface area contributed by atoms with Crippen molar-refractivity contribution in [2.24, 2.45) is 0 Å². The molecule has 1 aliphatic heterocycles. The van der Waals surface area contributed by atoms with E-state index in [0.29, 0.717) is 18.8 Å². The van der Waals surface area contributed by atoms with E-state index in [0.717, 1.165) is 24.0 Å². The molecule has 3 heterocycles. The third-order valence-corrected chi connectivity index (χ3v) is 6.22. The molecule has 0 saturated carbocycles. The number of amides is 1. The number of nitrogens with zero attached hydrogens (tertiary/aromatic N) is 3. The molecule has 7 nitrogen and oxygen atoms in total. The summed E-state index contributed by atoms with van der Waals surface area (Å²) in [6, 6.07) is 16.1. The molecular weight excluding hydrogens is 450 g/mol. The molecule has 1 aliphatic rings. The van der Waals surface area contributed by atoms with Crippen molar-refractivity contribution in [1.29, 1.82) is 0 Å². The molecule has 0 bridgehead atoms. The average Bonchev–Trinajstić information content (AvgIpc) is 3.23. The normalized spacial score (nSPS) is 14.2. The third-order valence-electron chi connectivity index (χ3n) is 5.01. The van der Waals surface area contributed by atoms with Gasteiger partial charge in [0.2, 0.25) is 5.88 Å². The van der Waals surface area contributed by atoms with Gasteiger partial charge >= 0.3 is 5.97 Å². The van der Waals surface area contributed by atoms with Crippen LogP contribution in [0.15, 0.2) is 60.8 Å². The van der Waals surface area contributed by atoms with Gasteiger partial charge in [0, 0.05) is 43.8 Å². The minimum atomic E-state index is -0.648. The van der Waals surface area contributed by atoms with Gasteiger partial charge in [0.1, 0.15) is 11.3 Å². The van der Waals surface area contributed by atoms with Gasteiger partial charge in [0.25, 0.3) is 5.91 Å². The Balaban J connectivity index is 1.27. The van der Waals surface area contributed by atoms with Gasteiger partial charge in [-0.15, -0.1) is 11.3 Å². The SMILES string of the molecule is O=C(OCC(=O)N1CCN(Cc2ccc(Cl)s2)CC1)c1cccnc1Oc1ccccc1. The number of esters is 1. The Bertz CT molecular complexity index is 1070. The molecule has 3 aromatic rings. The summed E-state index contributed by atoms with van der Waals surface area (Å²) in [5.74, 6) is -0.172. The summed E-state index contributed by atoms with van der Waals surface area (Å²) in [6.45, 7) is 3.19. The molecule has 2 aromatic heterocycles. The predicted molar refractivity (Wildman–Crippen MR) is 122 cm³/mol. The summed E-state index contributed by atoms with van der Waals surface area (Å²) in [5, 5.41) is 0. The van der Waals surface area contributed by atoms with Crippen LogP contribution in [-0.2, 0) is 16.1 Å². The zero-order valence-electron chi connectivity index (χ0n) is 17.3. The molecule has 0 spiro atoms. The fraction of sp³-hybridized carbons (Fsp3) is 0.261. The summed E-state index contributed by atoms with van der Waals surface area (Å²) < 4.78 is 11.7. The van der Waals surface area contributed by atoms with E-state index in [1.54, 1.807) is 40.5 Å². The first-order chi connectivity index (χ1) is 15.6. The smallest absolute Gasteiger partial charge is 0.344 e. The first-order valence-corrected chi connectivity index (χ1v) is 11.4. The lowest BCUT2D eigenvalue weighted by atomic mass is 10.2. The molecule has 1 aromatic carbocycles. The number of ether oxygens (including phenoxy) is 2. The number of thiophene rings is 1. The maximum Gasteiger partial charge on any atom is 0.344 e. The van der Waals surface area contributed by atoms with E-state index < -0.39 is 5.97 Å². The van der Waals surface area contributed by atoms with Crippen molar-refractivity contribution < 1.29 is 19.1 Å². The molecule has 1 amide bonds. The number of para-hydroxylation sites is 1. The van der Waals surface area contributed by atoms with Gasteiger partial charge in [-0.3, -0.25) is 9.69 Å². The van der Waals surface area contributed by atoms with E-state index in [2.05, 4.69) is 9.88 Å². The van der Waals surface area contributed by atoms with Gasteiger partial charge in [0.15, 0.2) is 6.61 Å². The van der Waals surface area contributed by atoms with E-state index in [9.17, 15) is 9.59 Å². The fourth-order valence-electron chi connectivity index (χ4n) is 3.34. The van der Waals surface area contributed by atoms with Crippen molar-refractivity contribution in [2.45, 2.75) is 6.54 Å². The Labute approximate surface area is 195 Å². The third kappa shape index (κ3) is 5.85. The van der Waals surface area contributed by atoms with Crippen molar-refractivity contribution in [2.75, 3.05) is 32.8 Å². The highest BCUT2D eigenvalue weighted by Crippen LogP contribution is 2.24. The van der Waals surface area contributed by atoms with Crippen LogP contribution in [0.4, 0.5) is 0 Å². The lowest BCUT2D eigenvalue weighted by Gasteiger charge is -2.34. The van der Waals surface area contributed by atoms with Crippen molar-refractivity contribution in [3.8, 4) is 11.6 Å². The molecule has 0 unspecified atom stereocenters. The number of piperazine rings is 1. The van der Waals surface area contributed by atoms with Crippen molar-refractivity contribution in [1.82, 2.24) is 14.8 Å². The van der Waals surface area contributed by atoms with Gasteiger partial charge in [0.05, 0.1) is 4.34 Å². The monoisotopic (exact) mass is 471 g/mol. The molecule has 0 atom stereocenters. The van der Waals surface area contributed by atoms with Gasteiger partial charge in [-0.2, -0.15) is 0 Å². The number of hydrogen-bond donors (Lipinski definition) is 0. The molecule has 0 N–H and O–H groups in total. The van der Waals surface area contributed by atoms with Gasteiger partial charge < -0.3 is 14.4 Å². The Morgan fingerprint density at radius 2 is 1.78 bits per heavy atom. The minimum absolute atomic E-state index is 0.137. The van der Waals surface area contributed by atoms with Crippen molar-refractivity contribution in [3.63, 3.8) is 0 Å². The van der Waals surface area contributed by atoms with Crippen LogP contribution in [0.25, 0.3) is 0 Å². The van der Waals surface area contributed by atoms with E-state index in [-0.39, 0.29) is 24.0 Å². The highest BCUT2D eigenvalue weighted by atomic mass is 35.5. The number of carbonyl (C=O) groups excluding carboxylic acids is 2. The summed E-state index contributed by atoms with van der Waals surface area (Å²) in [7, 11) is 0. The number of hydrogen-bond acceptors (Lipinski definition) is 7. The Kier molecular flexibility index (Phi) is 7.36. The first kappa shape index (κ1) is 22.3. The molecule has 32 heavy (non-hydrogen) atoms. The summed E-state index contributed by atoms with van der Waals surface area (Å²) in [6.07, 6.45) is 1.53. The Hall–Kier alpha value is -2.94. The van der Waals surface area contributed by atoms with Crippen LogP contribution in [0, 0.1) is 0 Å². The maximum absolute atomic E-state index is 12.6. The number of aromatic nitrogens is 1. The van der Waals surface area contributed by atoms with E-state index >= 15 is 0 Å². The number of carbonyl (C=O) groups is 2. The summed E-state index contributed by atoms with van der Waals surface area (Å²) >= 11 is 7.56.